The van der Waals surface area contributed by atoms with Crippen LogP contribution in [0.5, 0.6) is 0 Å². The van der Waals surface area contributed by atoms with Crippen molar-refractivity contribution in [3.63, 3.8) is 0 Å². The molecule has 0 aliphatic heterocycles. The summed E-state index contributed by atoms with van der Waals surface area (Å²) in [4.78, 5) is 9.63. The number of hydrogen-bond acceptors (Lipinski definition) is 6. The van der Waals surface area contributed by atoms with Gasteiger partial charge in [-0.05, 0) is 17.9 Å². The Hall–Kier alpha value is -1.82. The molecule has 0 aromatic carbocycles. The molecule has 0 fully saturated rings. The van der Waals surface area contributed by atoms with Gasteiger partial charge >= 0.3 is 0 Å². The average molecular weight is 277 g/mol. The van der Waals surface area contributed by atoms with E-state index in [-0.39, 0.29) is 12.0 Å². The van der Waals surface area contributed by atoms with Crippen molar-refractivity contribution < 1.29 is 0 Å². The molecule has 1 atom stereocenters. The molecular formula is C13H19N5S. The second-order valence-electron chi connectivity index (χ2n) is 4.25. The van der Waals surface area contributed by atoms with Crippen molar-refractivity contribution in [3.05, 3.63) is 28.5 Å². The SMILES string of the molecule is CCCC(Nc1cc(NC)nc(N)n1)c1cccs1. The van der Waals surface area contributed by atoms with E-state index in [9.17, 15) is 0 Å². The Kier molecular flexibility index (Phi) is 4.57. The van der Waals surface area contributed by atoms with E-state index in [1.807, 2.05) is 13.1 Å². The minimum Gasteiger partial charge on any atom is -0.373 e. The molecule has 0 saturated heterocycles. The number of nitrogens with zero attached hydrogens (tertiary/aromatic N) is 2. The quantitative estimate of drug-likeness (QED) is 0.756. The van der Waals surface area contributed by atoms with Crippen LogP contribution in [0, 0.1) is 0 Å². The van der Waals surface area contributed by atoms with Crippen LogP contribution < -0.4 is 16.4 Å². The van der Waals surface area contributed by atoms with Crippen LogP contribution in [0.25, 0.3) is 0 Å². The summed E-state index contributed by atoms with van der Waals surface area (Å²) in [5, 5.41) is 8.51. The molecule has 0 aliphatic carbocycles. The lowest BCUT2D eigenvalue weighted by Crippen LogP contribution is -2.12. The summed E-state index contributed by atoms with van der Waals surface area (Å²) in [6.07, 6.45) is 2.16. The van der Waals surface area contributed by atoms with Crippen molar-refractivity contribution in [1.29, 1.82) is 0 Å². The molecule has 2 rings (SSSR count). The van der Waals surface area contributed by atoms with Gasteiger partial charge in [-0.25, -0.2) is 0 Å². The molecule has 0 spiro atoms. The third-order valence-corrected chi connectivity index (χ3v) is 3.77. The fourth-order valence-electron chi connectivity index (χ4n) is 1.91. The van der Waals surface area contributed by atoms with Crippen LogP contribution in [0.15, 0.2) is 23.6 Å². The molecule has 0 saturated carbocycles. The van der Waals surface area contributed by atoms with E-state index >= 15 is 0 Å². The Morgan fingerprint density at radius 2 is 2.16 bits per heavy atom. The van der Waals surface area contributed by atoms with Gasteiger partial charge in [0.05, 0.1) is 6.04 Å². The molecule has 4 N–H and O–H groups in total. The van der Waals surface area contributed by atoms with Crippen molar-refractivity contribution in [2.24, 2.45) is 0 Å². The van der Waals surface area contributed by atoms with E-state index in [0.29, 0.717) is 0 Å². The van der Waals surface area contributed by atoms with Gasteiger partial charge in [0.15, 0.2) is 0 Å². The first-order valence-corrected chi connectivity index (χ1v) is 7.23. The lowest BCUT2D eigenvalue weighted by Gasteiger charge is -2.18. The molecule has 19 heavy (non-hydrogen) atoms. The van der Waals surface area contributed by atoms with Crippen LogP contribution in [0.1, 0.15) is 30.7 Å². The van der Waals surface area contributed by atoms with Crippen molar-refractivity contribution in [3.8, 4) is 0 Å². The number of nitrogens with one attached hydrogen (secondary N) is 2. The predicted molar refractivity (Wildman–Crippen MR) is 81.6 cm³/mol. The molecule has 2 aromatic heterocycles. The Bertz CT molecular complexity index is 512. The molecular weight excluding hydrogens is 258 g/mol. The first-order valence-electron chi connectivity index (χ1n) is 6.35. The maximum Gasteiger partial charge on any atom is 0.223 e. The van der Waals surface area contributed by atoms with Crippen molar-refractivity contribution in [2.75, 3.05) is 23.4 Å². The Balaban J connectivity index is 2.19. The lowest BCUT2D eigenvalue weighted by atomic mass is 10.1. The van der Waals surface area contributed by atoms with Gasteiger partial charge in [-0.3, -0.25) is 0 Å². The molecule has 5 nitrogen and oxygen atoms in total. The van der Waals surface area contributed by atoms with Crippen LogP contribution in [-0.2, 0) is 0 Å². The zero-order valence-electron chi connectivity index (χ0n) is 11.2. The molecule has 0 aliphatic rings. The zero-order chi connectivity index (χ0) is 13.7. The Labute approximate surface area is 117 Å². The van der Waals surface area contributed by atoms with E-state index in [4.69, 9.17) is 5.73 Å². The summed E-state index contributed by atoms with van der Waals surface area (Å²) < 4.78 is 0. The fourth-order valence-corrected chi connectivity index (χ4v) is 2.72. The normalized spacial score (nSPS) is 12.1. The number of hydrogen-bond donors (Lipinski definition) is 3. The molecule has 2 aromatic rings. The first kappa shape index (κ1) is 13.6. The lowest BCUT2D eigenvalue weighted by molar-refractivity contribution is 0.684. The molecule has 0 amide bonds. The summed E-state index contributed by atoms with van der Waals surface area (Å²) in [7, 11) is 1.81. The molecule has 6 heteroatoms. The number of nitrogens with two attached hydrogens (primary N) is 1. The third-order valence-electron chi connectivity index (χ3n) is 2.79. The van der Waals surface area contributed by atoms with Crippen LogP contribution in [0.3, 0.4) is 0 Å². The van der Waals surface area contributed by atoms with Gasteiger partial charge in [0.1, 0.15) is 11.6 Å². The van der Waals surface area contributed by atoms with Crippen LogP contribution in [0.2, 0.25) is 0 Å². The maximum atomic E-state index is 5.70. The van der Waals surface area contributed by atoms with Gasteiger partial charge in [0.25, 0.3) is 0 Å². The molecule has 102 valence electrons. The van der Waals surface area contributed by atoms with E-state index in [1.165, 1.54) is 4.88 Å². The van der Waals surface area contributed by atoms with Gasteiger partial charge in [-0.2, -0.15) is 9.97 Å². The highest BCUT2D eigenvalue weighted by Gasteiger charge is 2.13. The van der Waals surface area contributed by atoms with E-state index in [1.54, 1.807) is 11.3 Å². The summed E-state index contributed by atoms with van der Waals surface area (Å²) >= 11 is 1.75. The number of aromatic nitrogens is 2. The van der Waals surface area contributed by atoms with Gasteiger partial charge in [0.2, 0.25) is 5.95 Å². The third kappa shape index (κ3) is 3.57. The summed E-state index contributed by atoms with van der Waals surface area (Å²) in [5.74, 6) is 1.75. The second-order valence-corrected chi connectivity index (χ2v) is 5.23. The highest BCUT2D eigenvalue weighted by Crippen LogP contribution is 2.27. The standard InChI is InChI=1S/C13H19N5S/c1-3-5-9(10-6-4-7-19-10)16-12-8-11(15-2)17-13(14)18-12/h4,6-9H,3,5H2,1-2H3,(H4,14,15,16,17,18). The van der Waals surface area contributed by atoms with Gasteiger partial charge < -0.3 is 16.4 Å². The number of thiophene rings is 1. The topological polar surface area (TPSA) is 75.9 Å². The molecule has 0 bridgehead atoms. The largest absolute Gasteiger partial charge is 0.373 e. The zero-order valence-corrected chi connectivity index (χ0v) is 12.0. The molecule has 1 unspecified atom stereocenters. The van der Waals surface area contributed by atoms with Crippen LogP contribution in [0.4, 0.5) is 17.6 Å². The average Bonchev–Trinajstić information content (AvgIpc) is 2.91. The Morgan fingerprint density at radius 3 is 2.79 bits per heavy atom. The number of anilines is 3. The number of nitrogen functional groups attached to an aromatic ring is 1. The number of rotatable bonds is 6. The molecule has 2 heterocycles. The maximum absolute atomic E-state index is 5.70. The predicted octanol–water partition coefficient (Wildman–Crippen LogP) is 3.12. The summed E-state index contributed by atoms with van der Waals surface area (Å²) in [5.41, 5.74) is 5.70. The van der Waals surface area contributed by atoms with Crippen LogP contribution >= 0.6 is 11.3 Å². The fraction of sp³-hybridized carbons (Fsp3) is 0.385. The van der Waals surface area contributed by atoms with Gasteiger partial charge in [0, 0.05) is 18.0 Å². The monoisotopic (exact) mass is 277 g/mol. The minimum atomic E-state index is 0.268. The van der Waals surface area contributed by atoms with E-state index in [0.717, 1.165) is 24.5 Å². The first-order chi connectivity index (χ1) is 9.22. The Morgan fingerprint density at radius 1 is 1.37 bits per heavy atom. The van der Waals surface area contributed by atoms with Crippen molar-refractivity contribution in [2.45, 2.75) is 25.8 Å². The summed E-state index contributed by atoms with van der Waals surface area (Å²) in [6, 6.07) is 6.34. The highest BCUT2D eigenvalue weighted by atomic mass is 32.1. The highest BCUT2D eigenvalue weighted by molar-refractivity contribution is 7.10. The summed E-state index contributed by atoms with van der Waals surface area (Å²) in [6.45, 7) is 2.18. The van der Waals surface area contributed by atoms with Gasteiger partial charge in [-0.15, -0.1) is 11.3 Å². The van der Waals surface area contributed by atoms with E-state index < -0.39 is 0 Å². The smallest absolute Gasteiger partial charge is 0.223 e. The van der Waals surface area contributed by atoms with E-state index in [2.05, 4.69) is 45.0 Å². The van der Waals surface area contributed by atoms with Gasteiger partial charge in [-0.1, -0.05) is 19.4 Å². The molecule has 0 radical (unpaired) electrons. The van der Waals surface area contributed by atoms with Crippen LogP contribution in [-0.4, -0.2) is 17.0 Å². The van der Waals surface area contributed by atoms with Crippen molar-refractivity contribution >= 4 is 28.9 Å². The minimum absolute atomic E-state index is 0.268. The second kappa shape index (κ2) is 6.38. The van der Waals surface area contributed by atoms with Crippen molar-refractivity contribution in [1.82, 2.24) is 9.97 Å².